The zero-order valence-electron chi connectivity index (χ0n) is 8.63. The zero-order valence-corrected chi connectivity index (χ0v) is 8.63. The highest BCUT2D eigenvalue weighted by Gasteiger charge is 2.65. The molecule has 1 aliphatic heterocycles. The number of urea groups is 1. The van der Waals surface area contributed by atoms with E-state index in [1.54, 1.807) is 4.90 Å². The number of hydrogen-bond acceptors (Lipinski definition) is 1. The molecule has 2 aliphatic rings. The van der Waals surface area contributed by atoms with Crippen molar-refractivity contribution in [3.8, 4) is 0 Å². The highest BCUT2D eigenvalue weighted by Crippen LogP contribution is 2.66. The van der Waals surface area contributed by atoms with Gasteiger partial charge in [-0.15, -0.1) is 0 Å². The minimum absolute atomic E-state index is 0.254. The summed E-state index contributed by atoms with van der Waals surface area (Å²) in [7, 11) is 0. The fourth-order valence-electron chi connectivity index (χ4n) is 2.81. The van der Waals surface area contributed by atoms with Crippen LogP contribution in [0.5, 0.6) is 0 Å². The van der Waals surface area contributed by atoms with Gasteiger partial charge in [0.05, 0.1) is 0 Å². The van der Waals surface area contributed by atoms with Crippen LogP contribution in [-0.4, -0.2) is 24.0 Å². The Balaban J connectivity index is 2.12. The molecule has 0 spiro atoms. The van der Waals surface area contributed by atoms with Crippen LogP contribution in [0.4, 0.5) is 4.79 Å². The van der Waals surface area contributed by atoms with Gasteiger partial charge in [0.2, 0.25) is 0 Å². The molecule has 1 aliphatic carbocycles. The van der Waals surface area contributed by atoms with Gasteiger partial charge in [-0.1, -0.05) is 20.8 Å². The molecule has 2 amide bonds. The zero-order chi connectivity index (χ0) is 9.85. The van der Waals surface area contributed by atoms with Crippen molar-refractivity contribution in [2.75, 3.05) is 13.1 Å². The van der Waals surface area contributed by atoms with E-state index in [0.29, 0.717) is 16.7 Å². The fourth-order valence-corrected chi connectivity index (χ4v) is 2.81. The van der Waals surface area contributed by atoms with Gasteiger partial charge in [-0.05, 0) is 23.2 Å². The van der Waals surface area contributed by atoms with Crippen LogP contribution in [0.2, 0.25) is 0 Å². The smallest absolute Gasteiger partial charge is 0.314 e. The first-order chi connectivity index (χ1) is 5.87. The average Bonchev–Trinajstić information content (AvgIpc) is 2.54. The van der Waals surface area contributed by atoms with Gasteiger partial charge in [-0.2, -0.15) is 0 Å². The van der Waals surface area contributed by atoms with Gasteiger partial charge < -0.3 is 10.6 Å². The van der Waals surface area contributed by atoms with Crippen molar-refractivity contribution in [1.29, 1.82) is 0 Å². The highest BCUT2D eigenvalue weighted by molar-refractivity contribution is 5.72. The van der Waals surface area contributed by atoms with Crippen molar-refractivity contribution in [2.24, 2.45) is 22.5 Å². The maximum absolute atomic E-state index is 11.0. The predicted molar refractivity (Wildman–Crippen MR) is 51.2 cm³/mol. The summed E-state index contributed by atoms with van der Waals surface area (Å²) in [5.74, 6) is 0.708. The molecule has 3 heteroatoms. The highest BCUT2D eigenvalue weighted by atomic mass is 16.2. The SMILES string of the molecule is CC(C)(C)C12CC1CN(C(N)=O)C2. The number of hydrogen-bond donors (Lipinski definition) is 1. The molecule has 0 radical (unpaired) electrons. The van der Waals surface area contributed by atoms with Crippen molar-refractivity contribution in [3.05, 3.63) is 0 Å². The third-order valence-corrected chi connectivity index (χ3v) is 3.95. The Morgan fingerprint density at radius 3 is 2.46 bits per heavy atom. The van der Waals surface area contributed by atoms with E-state index >= 15 is 0 Å². The molecule has 2 fully saturated rings. The van der Waals surface area contributed by atoms with Crippen molar-refractivity contribution in [3.63, 3.8) is 0 Å². The third-order valence-electron chi connectivity index (χ3n) is 3.95. The van der Waals surface area contributed by atoms with E-state index in [1.807, 2.05) is 0 Å². The van der Waals surface area contributed by atoms with Crippen LogP contribution in [-0.2, 0) is 0 Å². The van der Waals surface area contributed by atoms with E-state index in [1.165, 1.54) is 6.42 Å². The minimum atomic E-state index is -0.254. The Morgan fingerprint density at radius 1 is 1.54 bits per heavy atom. The van der Waals surface area contributed by atoms with Crippen molar-refractivity contribution in [2.45, 2.75) is 27.2 Å². The average molecular weight is 182 g/mol. The maximum atomic E-state index is 11.0. The van der Waals surface area contributed by atoms with Crippen LogP contribution in [0, 0.1) is 16.7 Å². The lowest BCUT2D eigenvalue weighted by atomic mass is 9.77. The summed E-state index contributed by atoms with van der Waals surface area (Å²) in [4.78, 5) is 12.8. The molecule has 2 N–H and O–H groups in total. The molecule has 0 aromatic carbocycles. The topological polar surface area (TPSA) is 46.3 Å². The lowest BCUT2D eigenvalue weighted by Gasteiger charge is -2.30. The van der Waals surface area contributed by atoms with Gasteiger partial charge in [0.25, 0.3) is 0 Å². The summed E-state index contributed by atoms with van der Waals surface area (Å²) in [5, 5.41) is 0. The van der Waals surface area contributed by atoms with Crippen LogP contribution in [0.1, 0.15) is 27.2 Å². The van der Waals surface area contributed by atoms with Crippen molar-refractivity contribution in [1.82, 2.24) is 4.90 Å². The number of carbonyl (C=O) groups is 1. The Kier molecular flexibility index (Phi) is 1.49. The Bertz CT molecular complexity index is 256. The number of rotatable bonds is 0. The summed E-state index contributed by atoms with van der Waals surface area (Å²) in [5.41, 5.74) is 5.95. The number of likely N-dealkylation sites (tertiary alicyclic amines) is 1. The number of nitrogens with zero attached hydrogens (tertiary/aromatic N) is 1. The van der Waals surface area contributed by atoms with Gasteiger partial charge in [-0.3, -0.25) is 0 Å². The summed E-state index contributed by atoms with van der Waals surface area (Å²) in [6, 6.07) is -0.254. The molecule has 0 bridgehead atoms. The standard InChI is InChI=1S/C10H18N2O/c1-9(2,3)10-4-7(10)5-12(6-10)8(11)13/h7H,4-6H2,1-3H3,(H2,11,13). The molecule has 1 saturated heterocycles. The van der Waals surface area contributed by atoms with Gasteiger partial charge in [0, 0.05) is 13.1 Å². The van der Waals surface area contributed by atoms with Crippen molar-refractivity contribution >= 4 is 6.03 Å². The second-order valence-corrected chi connectivity index (χ2v) is 5.53. The van der Waals surface area contributed by atoms with Crippen LogP contribution >= 0.6 is 0 Å². The van der Waals surface area contributed by atoms with Crippen LogP contribution in [0.3, 0.4) is 0 Å². The molecule has 74 valence electrons. The van der Waals surface area contributed by atoms with Gasteiger partial charge in [0.1, 0.15) is 0 Å². The Labute approximate surface area is 79.3 Å². The molecule has 1 heterocycles. The number of amides is 2. The number of fused-ring (bicyclic) bond motifs is 1. The monoisotopic (exact) mass is 182 g/mol. The summed E-state index contributed by atoms with van der Waals surface area (Å²) >= 11 is 0. The van der Waals surface area contributed by atoms with E-state index in [2.05, 4.69) is 20.8 Å². The van der Waals surface area contributed by atoms with Crippen LogP contribution in [0.15, 0.2) is 0 Å². The number of carbonyl (C=O) groups excluding carboxylic acids is 1. The van der Waals surface area contributed by atoms with Crippen molar-refractivity contribution < 1.29 is 4.79 Å². The van der Waals surface area contributed by atoms with Gasteiger partial charge >= 0.3 is 6.03 Å². The summed E-state index contributed by atoms with van der Waals surface area (Å²) in [6.07, 6.45) is 1.28. The Hall–Kier alpha value is -0.730. The number of piperidine rings is 1. The molecule has 1 saturated carbocycles. The molecule has 2 rings (SSSR count). The number of primary amides is 1. The third kappa shape index (κ3) is 1.06. The second-order valence-electron chi connectivity index (χ2n) is 5.53. The summed E-state index contributed by atoms with van der Waals surface area (Å²) in [6.45, 7) is 8.54. The van der Waals surface area contributed by atoms with E-state index in [-0.39, 0.29) is 6.03 Å². The second kappa shape index (κ2) is 2.20. The molecule has 13 heavy (non-hydrogen) atoms. The number of nitrogens with two attached hydrogens (primary N) is 1. The first-order valence-corrected chi connectivity index (χ1v) is 4.91. The predicted octanol–water partition coefficient (Wildman–Crippen LogP) is 1.43. The largest absolute Gasteiger partial charge is 0.351 e. The quantitative estimate of drug-likeness (QED) is 0.605. The van der Waals surface area contributed by atoms with Crippen LogP contribution < -0.4 is 5.73 Å². The fraction of sp³-hybridized carbons (Fsp3) is 0.900. The first kappa shape index (κ1) is 8.85. The van der Waals surface area contributed by atoms with E-state index in [9.17, 15) is 4.79 Å². The molecule has 2 unspecified atom stereocenters. The molecule has 3 nitrogen and oxygen atoms in total. The van der Waals surface area contributed by atoms with Gasteiger partial charge in [-0.25, -0.2) is 4.79 Å². The van der Waals surface area contributed by atoms with E-state index in [4.69, 9.17) is 5.73 Å². The van der Waals surface area contributed by atoms with Crippen LogP contribution in [0.25, 0.3) is 0 Å². The molecular formula is C10H18N2O. The van der Waals surface area contributed by atoms with E-state index in [0.717, 1.165) is 13.1 Å². The summed E-state index contributed by atoms with van der Waals surface area (Å²) < 4.78 is 0. The van der Waals surface area contributed by atoms with E-state index < -0.39 is 0 Å². The molecule has 0 aromatic rings. The molecule has 2 atom stereocenters. The maximum Gasteiger partial charge on any atom is 0.314 e. The molecule has 0 aromatic heterocycles. The lowest BCUT2D eigenvalue weighted by Crippen LogP contribution is -2.38. The minimum Gasteiger partial charge on any atom is -0.351 e. The Morgan fingerprint density at radius 2 is 2.15 bits per heavy atom. The molecular weight excluding hydrogens is 164 g/mol. The normalized spacial score (nSPS) is 37.5. The lowest BCUT2D eigenvalue weighted by molar-refractivity contribution is 0.175. The first-order valence-electron chi connectivity index (χ1n) is 4.91. The van der Waals surface area contributed by atoms with Gasteiger partial charge in [0.15, 0.2) is 0 Å².